The van der Waals surface area contributed by atoms with Crippen molar-refractivity contribution in [1.29, 1.82) is 0 Å². The van der Waals surface area contributed by atoms with E-state index in [1.54, 1.807) is 42.7 Å². The second-order valence-electron chi connectivity index (χ2n) is 17.0. The van der Waals surface area contributed by atoms with Gasteiger partial charge in [-0.25, -0.2) is 0 Å². The largest absolute Gasteiger partial charge is 0.483 e. The molecule has 0 aliphatic carbocycles. The van der Waals surface area contributed by atoms with Gasteiger partial charge in [0.15, 0.2) is 18.1 Å². The van der Waals surface area contributed by atoms with E-state index in [1.807, 2.05) is 28.0 Å². The molecule has 7 heterocycles. The molecule has 0 saturated carbocycles. The number of imide groups is 1. The van der Waals surface area contributed by atoms with Crippen LogP contribution in [-0.2, 0) is 25.7 Å². The number of amides is 6. The molecule has 0 bridgehead atoms. The minimum atomic E-state index is -0.719. The number of carbonyl (C=O) groups excluding carboxylic acids is 6. The second-order valence-corrected chi connectivity index (χ2v) is 17.0. The third-order valence-electron chi connectivity index (χ3n) is 13.1. The highest BCUT2D eigenvalue weighted by atomic mass is 16.5. The molecule has 1 atom stereocenters. The number of hydrogen-bond acceptors (Lipinski definition) is 12. The molecule has 3 aromatic rings. The van der Waals surface area contributed by atoms with Crippen LogP contribution in [0.2, 0.25) is 0 Å². The van der Waals surface area contributed by atoms with Gasteiger partial charge >= 0.3 is 0 Å². The Balaban J connectivity index is 0.704. The summed E-state index contributed by atoms with van der Waals surface area (Å²) >= 11 is 0. The van der Waals surface area contributed by atoms with Gasteiger partial charge in [0, 0.05) is 101 Å². The number of piperazine rings is 1. The molecule has 17 nitrogen and oxygen atoms in total. The van der Waals surface area contributed by atoms with Gasteiger partial charge in [0.1, 0.15) is 11.8 Å². The van der Waals surface area contributed by atoms with Crippen LogP contribution in [0.25, 0.3) is 6.08 Å². The second kappa shape index (κ2) is 20.3. The number of nitrogens with zero attached hydrogens (tertiary/aromatic N) is 8. The van der Waals surface area contributed by atoms with Crippen LogP contribution in [0.1, 0.15) is 89.8 Å². The van der Waals surface area contributed by atoms with Crippen molar-refractivity contribution in [3.63, 3.8) is 0 Å². The predicted octanol–water partition coefficient (Wildman–Crippen LogP) is 2.68. The van der Waals surface area contributed by atoms with E-state index >= 15 is 0 Å². The summed E-state index contributed by atoms with van der Waals surface area (Å²) in [6, 6.07) is 12.3. The van der Waals surface area contributed by atoms with Gasteiger partial charge < -0.3 is 29.7 Å². The van der Waals surface area contributed by atoms with Crippen LogP contribution < -0.4 is 20.3 Å². The number of aromatic nitrogens is 3. The van der Waals surface area contributed by atoms with Crippen molar-refractivity contribution in [2.45, 2.75) is 76.4 Å². The molecule has 1 unspecified atom stereocenters. The number of nitrogens with one attached hydrogen (secondary N) is 2. The predicted molar refractivity (Wildman–Crippen MR) is 232 cm³/mol. The molecule has 17 heteroatoms. The molecule has 332 valence electrons. The van der Waals surface area contributed by atoms with E-state index in [1.165, 1.54) is 11.0 Å². The van der Waals surface area contributed by atoms with Crippen LogP contribution in [-0.4, -0.2) is 148 Å². The Hall–Kier alpha value is -6.23. The van der Waals surface area contributed by atoms with Crippen LogP contribution in [0.3, 0.4) is 0 Å². The topological polar surface area (TPSA) is 191 Å². The van der Waals surface area contributed by atoms with Gasteiger partial charge in [0.2, 0.25) is 17.7 Å². The van der Waals surface area contributed by atoms with Crippen molar-refractivity contribution in [3.05, 3.63) is 83.3 Å². The number of pyridine rings is 1. The van der Waals surface area contributed by atoms with Gasteiger partial charge in [0.05, 0.1) is 6.54 Å². The number of rotatable bonds is 14. The first-order valence-corrected chi connectivity index (χ1v) is 22.3. The zero-order valence-corrected chi connectivity index (χ0v) is 35.7. The minimum absolute atomic E-state index is 0.0733. The molecule has 6 amide bonds. The highest BCUT2D eigenvalue weighted by Crippen LogP contribution is 2.34. The first-order chi connectivity index (χ1) is 30.7. The van der Waals surface area contributed by atoms with Gasteiger partial charge in [-0.15, -0.1) is 10.2 Å². The number of likely N-dealkylation sites (tertiary alicyclic amines) is 1. The quantitative estimate of drug-likeness (QED) is 0.137. The lowest BCUT2D eigenvalue weighted by molar-refractivity contribution is -0.137. The summed E-state index contributed by atoms with van der Waals surface area (Å²) in [5.41, 5.74) is 2.36. The van der Waals surface area contributed by atoms with E-state index in [0.717, 1.165) is 82.5 Å². The average Bonchev–Trinajstić information content (AvgIpc) is 3.66. The van der Waals surface area contributed by atoms with Gasteiger partial charge in [-0.2, -0.15) is 0 Å². The SMILES string of the molecule is O=C(/C=C/c1cccnc1)NCCCCC1CCN(C(=O)c2ccc(N3CCC(N4CCN(C(=O)COc5cccc6c5CN(C5CCC(=O)NC5=O)C6=O)CC4)CC3)nn2)CC1. The number of ether oxygens (including phenoxy) is 1. The third kappa shape index (κ3) is 10.7. The molecule has 63 heavy (non-hydrogen) atoms. The standard InChI is InChI=1S/C46H56N10O7/c57-41(13-9-33-6-4-19-47-29-33)48-20-2-1-5-32-15-21-55(22-16-32)46(62)37-10-12-40(51-50-37)53-23-17-34(18-24-53)52-25-27-54(28-26-52)43(59)31-63-39-8-3-7-35-36(39)30-56(45(35)61)38-11-14-42(58)49-44(38)60/h3-4,6-10,12-13,19,29,32,34,38H,1-2,5,11,14-18,20-28,30-31H2,(H,48,57)(H,49,58,60)/b13-9+. The number of hydrogen-bond donors (Lipinski definition) is 2. The van der Waals surface area contributed by atoms with Crippen molar-refractivity contribution in [2.75, 3.05) is 70.4 Å². The van der Waals surface area contributed by atoms with Crippen molar-refractivity contribution in [1.82, 2.24) is 45.4 Å². The number of anilines is 1. The van der Waals surface area contributed by atoms with E-state index in [0.29, 0.717) is 67.3 Å². The van der Waals surface area contributed by atoms with Gasteiger partial charge in [0.25, 0.3) is 17.7 Å². The maximum atomic E-state index is 13.3. The summed E-state index contributed by atoms with van der Waals surface area (Å²) < 4.78 is 5.99. The molecular formula is C46H56N10O7. The molecule has 5 aliphatic heterocycles. The summed E-state index contributed by atoms with van der Waals surface area (Å²) in [5.74, 6) is 0.415. The van der Waals surface area contributed by atoms with Crippen LogP contribution in [0, 0.1) is 5.92 Å². The van der Waals surface area contributed by atoms with E-state index in [4.69, 9.17) is 4.74 Å². The van der Waals surface area contributed by atoms with E-state index in [9.17, 15) is 28.8 Å². The maximum Gasteiger partial charge on any atom is 0.274 e. The summed E-state index contributed by atoms with van der Waals surface area (Å²) in [6.07, 6.45) is 14.0. The van der Waals surface area contributed by atoms with Crippen molar-refractivity contribution >= 4 is 47.3 Å². The molecule has 2 N–H and O–H groups in total. The fraction of sp³-hybridized carbons (Fsp3) is 0.500. The number of unbranched alkanes of at least 4 members (excludes halogenated alkanes) is 1. The molecule has 8 rings (SSSR count). The number of benzene rings is 1. The number of fused-ring (bicyclic) bond motifs is 1. The fourth-order valence-electron chi connectivity index (χ4n) is 9.39. The van der Waals surface area contributed by atoms with Crippen LogP contribution in [0.15, 0.2) is 60.9 Å². The number of piperidine rings is 3. The van der Waals surface area contributed by atoms with Crippen LogP contribution >= 0.6 is 0 Å². The Labute approximate surface area is 367 Å². The summed E-state index contributed by atoms with van der Waals surface area (Å²) in [6.45, 7) is 6.49. The lowest BCUT2D eigenvalue weighted by atomic mass is 9.91. The Morgan fingerprint density at radius 1 is 0.841 bits per heavy atom. The van der Waals surface area contributed by atoms with Crippen molar-refractivity contribution in [2.24, 2.45) is 5.92 Å². The van der Waals surface area contributed by atoms with Crippen LogP contribution in [0.4, 0.5) is 5.82 Å². The normalized spacial score (nSPS) is 20.3. The Morgan fingerprint density at radius 2 is 1.65 bits per heavy atom. The summed E-state index contributed by atoms with van der Waals surface area (Å²) in [7, 11) is 0. The molecule has 1 aromatic carbocycles. The van der Waals surface area contributed by atoms with E-state index in [-0.39, 0.29) is 55.5 Å². The number of carbonyl (C=O) groups is 6. The van der Waals surface area contributed by atoms with E-state index < -0.39 is 11.9 Å². The van der Waals surface area contributed by atoms with Crippen molar-refractivity contribution in [3.8, 4) is 5.75 Å². The lowest BCUT2D eigenvalue weighted by Crippen LogP contribution is -2.55. The molecule has 2 aromatic heterocycles. The van der Waals surface area contributed by atoms with Crippen molar-refractivity contribution < 1.29 is 33.5 Å². The summed E-state index contributed by atoms with van der Waals surface area (Å²) in [4.78, 5) is 89.9. The summed E-state index contributed by atoms with van der Waals surface area (Å²) in [5, 5.41) is 14.1. The molecule has 5 aliphatic rings. The first-order valence-electron chi connectivity index (χ1n) is 22.3. The van der Waals surface area contributed by atoms with E-state index in [2.05, 4.69) is 35.6 Å². The Kier molecular flexibility index (Phi) is 14.0. The highest BCUT2D eigenvalue weighted by Gasteiger charge is 2.40. The van der Waals surface area contributed by atoms with Gasteiger partial charge in [-0.1, -0.05) is 25.0 Å². The minimum Gasteiger partial charge on any atom is -0.483 e. The highest BCUT2D eigenvalue weighted by molar-refractivity contribution is 6.05. The monoisotopic (exact) mass is 860 g/mol. The molecular weight excluding hydrogens is 805 g/mol. The third-order valence-corrected chi connectivity index (χ3v) is 13.1. The maximum absolute atomic E-state index is 13.3. The Morgan fingerprint density at radius 3 is 2.38 bits per heavy atom. The lowest BCUT2D eigenvalue weighted by Gasteiger charge is -2.43. The van der Waals surface area contributed by atoms with Crippen LogP contribution in [0.5, 0.6) is 5.75 Å². The zero-order valence-electron chi connectivity index (χ0n) is 35.7. The average molecular weight is 861 g/mol. The molecule has 4 fully saturated rings. The fourth-order valence-corrected chi connectivity index (χ4v) is 9.39. The molecule has 0 spiro atoms. The first kappa shape index (κ1) is 43.4. The Bertz CT molecular complexity index is 2160. The molecule has 0 radical (unpaired) electrons. The van der Waals surface area contributed by atoms with Gasteiger partial charge in [-0.3, -0.25) is 44.0 Å². The van der Waals surface area contributed by atoms with Gasteiger partial charge in [-0.05, 0) is 86.4 Å². The molecule has 4 saturated heterocycles. The smallest absolute Gasteiger partial charge is 0.274 e. The zero-order chi connectivity index (χ0) is 43.7.